The lowest BCUT2D eigenvalue weighted by atomic mass is 10.1. The number of ether oxygens (including phenoxy) is 1. The van der Waals surface area contributed by atoms with Gasteiger partial charge in [-0.3, -0.25) is 14.9 Å². The Balaban J connectivity index is 1.73. The molecule has 0 saturated heterocycles. The number of carbonyl (C=O) groups is 1. The van der Waals surface area contributed by atoms with Crippen LogP contribution in [0.1, 0.15) is 34.3 Å². The minimum absolute atomic E-state index is 0.0865. The number of nitrogens with zero attached hydrogens (tertiary/aromatic N) is 3. The Bertz CT molecular complexity index is 1050. The standard InChI is InChI=1S/C19H17N3O5S/c1-11-4-5-12(2)16(8-11)26-10-18-20-21-19(27-18)28-17-7-6-14(13(3)23)9-15(17)22(24)25/h4-9H,10H2,1-3H3. The second-order valence-corrected chi connectivity index (χ2v) is 7.11. The van der Waals surface area contributed by atoms with Crippen LogP contribution in [0.2, 0.25) is 0 Å². The molecule has 0 atom stereocenters. The van der Waals surface area contributed by atoms with Gasteiger partial charge >= 0.3 is 0 Å². The summed E-state index contributed by atoms with van der Waals surface area (Å²) in [4.78, 5) is 22.5. The minimum atomic E-state index is -0.546. The van der Waals surface area contributed by atoms with Crippen LogP contribution in [0.25, 0.3) is 0 Å². The molecular weight excluding hydrogens is 382 g/mol. The molecule has 0 saturated carbocycles. The van der Waals surface area contributed by atoms with Crippen molar-refractivity contribution in [1.82, 2.24) is 10.2 Å². The molecule has 0 aliphatic carbocycles. The van der Waals surface area contributed by atoms with Gasteiger partial charge < -0.3 is 9.15 Å². The first-order chi connectivity index (χ1) is 13.3. The number of Topliss-reactive ketones (excluding diaryl/α,β-unsaturated/α-hetero) is 1. The van der Waals surface area contributed by atoms with Crippen LogP contribution in [0.5, 0.6) is 5.75 Å². The van der Waals surface area contributed by atoms with Crippen molar-refractivity contribution < 1.29 is 18.9 Å². The number of hydrogen-bond donors (Lipinski definition) is 0. The van der Waals surface area contributed by atoms with Gasteiger partial charge in [-0.25, -0.2) is 0 Å². The molecule has 0 N–H and O–H groups in total. The van der Waals surface area contributed by atoms with E-state index in [1.54, 1.807) is 0 Å². The van der Waals surface area contributed by atoms with Crippen molar-refractivity contribution in [3.05, 3.63) is 69.1 Å². The van der Waals surface area contributed by atoms with E-state index >= 15 is 0 Å². The van der Waals surface area contributed by atoms with Crippen molar-refractivity contribution in [2.24, 2.45) is 0 Å². The van der Waals surface area contributed by atoms with Gasteiger partial charge in [-0.2, -0.15) is 0 Å². The molecule has 144 valence electrons. The van der Waals surface area contributed by atoms with Crippen molar-refractivity contribution >= 4 is 23.2 Å². The van der Waals surface area contributed by atoms with Crippen molar-refractivity contribution in [1.29, 1.82) is 0 Å². The summed E-state index contributed by atoms with van der Waals surface area (Å²) in [5.41, 5.74) is 2.14. The van der Waals surface area contributed by atoms with Gasteiger partial charge in [0, 0.05) is 11.6 Å². The van der Waals surface area contributed by atoms with Crippen LogP contribution in [0.3, 0.4) is 0 Å². The number of benzene rings is 2. The molecule has 0 aliphatic rings. The third-order valence-corrected chi connectivity index (χ3v) is 4.81. The number of nitro groups is 1. The molecule has 0 bridgehead atoms. The summed E-state index contributed by atoms with van der Waals surface area (Å²) in [6.07, 6.45) is 0. The van der Waals surface area contributed by atoms with Crippen LogP contribution in [-0.2, 0) is 6.61 Å². The quantitative estimate of drug-likeness (QED) is 0.324. The lowest BCUT2D eigenvalue weighted by Gasteiger charge is -2.07. The highest BCUT2D eigenvalue weighted by Crippen LogP contribution is 2.35. The Hall–Kier alpha value is -3.20. The Morgan fingerprint density at radius 3 is 2.71 bits per heavy atom. The van der Waals surface area contributed by atoms with Gasteiger partial charge in [0.05, 0.1) is 9.82 Å². The van der Waals surface area contributed by atoms with E-state index in [2.05, 4.69) is 10.2 Å². The molecule has 3 aromatic rings. The second kappa shape index (κ2) is 8.22. The lowest BCUT2D eigenvalue weighted by molar-refractivity contribution is -0.387. The summed E-state index contributed by atoms with van der Waals surface area (Å²) in [5, 5.41) is 19.3. The molecule has 3 rings (SSSR count). The van der Waals surface area contributed by atoms with Crippen molar-refractivity contribution in [2.45, 2.75) is 37.5 Å². The predicted octanol–water partition coefficient (Wildman–Crippen LogP) is 4.53. The summed E-state index contributed by atoms with van der Waals surface area (Å²) in [5.74, 6) is 0.734. The van der Waals surface area contributed by atoms with Crippen molar-refractivity contribution in [3.63, 3.8) is 0 Å². The van der Waals surface area contributed by atoms with Crippen molar-refractivity contribution in [2.75, 3.05) is 0 Å². The van der Waals surface area contributed by atoms with Crippen LogP contribution in [0.15, 0.2) is 50.9 Å². The van der Waals surface area contributed by atoms with Crippen LogP contribution in [0.4, 0.5) is 5.69 Å². The average Bonchev–Trinajstić information content (AvgIpc) is 3.09. The number of aromatic nitrogens is 2. The van der Waals surface area contributed by atoms with E-state index in [4.69, 9.17) is 9.15 Å². The Kier molecular flexibility index (Phi) is 5.74. The highest BCUT2D eigenvalue weighted by Gasteiger charge is 2.20. The highest BCUT2D eigenvalue weighted by atomic mass is 32.2. The first-order valence-corrected chi connectivity index (χ1v) is 9.15. The molecule has 1 aromatic heterocycles. The Morgan fingerprint density at radius 1 is 1.21 bits per heavy atom. The fourth-order valence-corrected chi connectivity index (χ4v) is 3.18. The van der Waals surface area contributed by atoms with Crippen molar-refractivity contribution in [3.8, 4) is 5.75 Å². The molecule has 9 heteroatoms. The second-order valence-electron chi connectivity index (χ2n) is 6.12. The van der Waals surface area contributed by atoms with Gasteiger partial charge in [-0.15, -0.1) is 10.2 Å². The Labute approximate surface area is 165 Å². The zero-order valence-electron chi connectivity index (χ0n) is 15.5. The number of carbonyl (C=O) groups excluding carboxylic acids is 1. The largest absolute Gasteiger partial charge is 0.484 e. The maximum atomic E-state index is 11.4. The highest BCUT2D eigenvalue weighted by molar-refractivity contribution is 7.99. The SMILES string of the molecule is CC(=O)c1ccc(Sc2nnc(COc3cc(C)ccc3C)o2)c([N+](=O)[O-])c1. The van der Waals surface area contributed by atoms with E-state index in [1.165, 1.54) is 25.1 Å². The van der Waals surface area contributed by atoms with E-state index in [-0.39, 0.29) is 34.8 Å². The molecular formula is C19H17N3O5S. The molecule has 0 amide bonds. The molecule has 2 aromatic carbocycles. The number of hydrogen-bond acceptors (Lipinski definition) is 8. The predicted molar refractivity (Wildman–Crippen MR) is 102 cm³/mol. The van der Waals surface area contributed by atoms with Gasteiger partial charge in [0.2, 0.25) is 0 Å². The number of rotatable bonds is 7. The van der Waals surface area contributed by atoms with Gasteiger partial charge in [0.25, 0.3) is 16.8 Å². The molecule has 0 fully saturated rings. The van der Waals surface area contributed by atoms with E-state index < -0.39 is 4.92 Å². The van der Waals surface area contributed by atoms with Crippen LogP contribution >= 0.6 is 11.8 Å². The number of ketones is 1. The van der Waals surface area contributed by atoms with E-state index in [0.717, 1.165) is 28.6 Å². The first-order valence-electron chi connectivity index (χ1n) is 8.33. The van der Waals surface area contributed by atoms with Gasteiger partial charge in [-0.1, -0.05) is 12.1 Å². The molecule has 0 spiro atoms. The lowest BCUT2D eigenvalue weighted by Crippen LogP contribution is -1.97. The topological polar surface area (TPSA) is 108 Å². The van der Waals surface area contributed by atoms with Gasteiger partial charge in [0.1, 0.15) is 5.75 Å². The fourth-order valence-electron chi connectivity index (χ4n) is 2.40. The summed E-state index contributed by atoms with van der Waals surface area (Å²) < 4.78 is 11.2. The summed E-state index contributed by atoms with van der Waals surface area (Å²) in [6, 6.07) is 10.1. The zero-order chi connectivity index (χ0) is 20.3. The minimum Gasteiger partial charge on any atom is -0.484 e. The molecule has 8 nitrogen and oxygen atoms in total. The Morgan fingerprint density at radius 2 is 2.00 bits per heavy atom. The maximum Gasteiger partial charge on any atom is 0.284 e. The summed E-state index contributed by atoms with van der Waals surface area (Å²) >= 11 is 0.962. The molecule has 0 radical (unpaired) electrons. The van der Waals surface area contributed by atoms with E-state index in [9.17, 15) is 14.9 Å². The van der Waals surface area contributed by atoms with Gasteiger partial charge in [0.15, 0.2) is 12.4 Å². The molecule has 28 heavy (non-hydrogen) atoms. The van der Waals surface area contributed by atoms with Crippen LogP contribution in [0, 0.1) is 24.0 Å². The van der Waals surface area contributed by atoms with Gasteiger partial charge in [-0.05, 0) is 61.9 Å². The third kappa shape index (κ3) is 4.55. The molecule has 0 aliphatic heterocycles. The zero-order valence-corrected chi connectivity index (χ0v) is 16.3. The summed E-state index contributed by atoms with van der Waals surface area (Å²) in [7, 11) is 0. The van der Waals surface area contributed by atoms with Crippen LogP contribution in [-0.4, -0.2) is 20.9 Å². The van der Waals surface area contributed by atoms with E-state index in [0.29, 0.717) is 4.90 Å². The maximum absolute atomic E-state index is 11.4. The van der Waals surface area contributed by atoms with E-state index in [1.807, 2.05) is 32.0 Å². The monoisotopic (exact) mass is 399 g/mol. The number of aryl methyl sites for hydroxylation is 2. The smallest absolute Gasteiger partial charge is 0.284 e. The number of nitro benzene ring substituents is 1. The third-order valence-electron chi connectivity index (χ3n) is 3.90. The average molecular weight is 399 g/mol. The summed E-state index contributed by atoms with van der Waals surface area (Å²) in [6.45, 7) is 5.35. The molecule has 0 unspecified atom stereocenters. The normalized spacial score (nSPS) is 10.7. The first kappa shape index (κ1) is 19.6. The fraction of sp³-hybridized carbons (Fsp3) is 0.211. The molecule has 1 heterocycles. The van der Waals surface area contributed by atoms with Crippen LogP contribution < -0.4 is 4.74 Å².